The number of rotatable bonds is 3. The summed E-state index contributed by atoms with van der Waals surface area (Å²) < 4.78 is 30.5. The van der Waals surface area contributed by atoms with Crippen molar-refractivity contribution in [1.29, 1.82) is 0 Å². The zero-order chi connectivity index (χ0) is 16.9. The first-order valence-corrected chi connectivity index (χ1v) is 9.96. The van der Waals surface area contributed by atoms with Crippen LogP contribution in [0.2, 0.25) is 0 Å². The summed E-state index contributed by atoms with van der Waals surface area (Å²) in [6.45, 7) is 0.471. The summed E-state index contributed by atoms with van der Waals surface area (Å²) in [5.41, 5.74) is 8.39. The van der Waals surface area contributed by atoms with Gasteiger partial charge in [-0.3, -0.25) is 4.31 Å². The molecule has 2 aromatic rings. The van der Waals surface area contributed by atoms with E-state index in [4.69, 9.17) is 10.3 Å². The SMILES string of the molecule is CS(=O)(=O)N1CCc2cc(-c3nc(C4(N)CCCC4)no3)ccc21.Cl. The van der Waals surface area contributed by atoms with E-state index in [2.05, 4.69) is 10.1 Å². The molecule has 0 amide bonds. The summed E-state index contributed by atoms with van der Waals surface area (Å²) in [6, 6.07) is 5.55. The number of hydrogen-bond acceptors (Lipinski definition) is 6. The minimum Gasteiger partial charge on any atom is -0.334 e. The Balaban J connectivity index is 0.00000182. The molecule has 0 spiro atoms. The molecule has 2 aliphatic rings. The zero-order valence-corrected chi connectivity index (χ0v) is 15.6. The lowest BCUT2D eigenvalue weighted by Crippen LogP contribution is -2.34. The van der Waals surface area contributed by atoms with Gasteiger partial charge in [-0.15, -0.1) is 12.4 Å². The molecule has 25 heavy (non-hydrogen) atoms. The van der Waals surface area contributed by atoms with Gasteiger partial charge in [-0.1, -0.05) is 18.0 Å². The molecular formula is C16H21ClN4O3S. The predicted octanol–water partition coefficient (Wildman–Crippen LogP) is 2.21. The first kappa shape index (κ1) is 18.2. The van der Waals surface area contributed by atoms with E-state index in [1.807, 2.05) is 12.1 Å². The minimum absolute atomic E-state index is 0. The molecule has 9 heteroatoms. The highest BCUT2D eigenvalue weighted by atomic mass is 35.5. The molecule has 2 heterocycles. The Morgan fingerprint density at radius 1 is 1.28 bits per heavy atom. The van der Waals surface area contributed by atoms with Gasteiger partial charge in [-0.25, -0.2) is 8.42 Å². The van der Waals surface area contributed by atoms with E-state index >= 15 is 0 Å². The molecular weight excluding hydrogens is 364 g/mol. The van der Waals surface area contributed by atoms with Crippen LogP contribution in [0.5, 0.6) is 0 Å². The van der Waals surface area contributed by atoms with E-state index in [0.717, 1.165) is 42.5 Å². The molecule has 1 aromatic heterocycles. The molecule has 4 rings (SSSR count). The van der Waals surface area contributed by atoms with Crippen molar-refractivity contribution >= 4 is 28.1 Å². The van der Waals surface area contributed by atoms with E-state index < -0.39 is 15.6 Å². The fourth-order valence-corrected chi connectivity index (χ4v) is 4.58. The van der Waals surface area contributed by atoms with Gasteiger partial charge in [0.15, 0.2) is 5.82 Å². The Hall–Kier alpha value is -1.64. The van der Waals surface area contributed by atoms with E-state index in [9.17, 15) is 8.42 Å². The third kappa shape index (κ3) is 3.14. The first-order chi connectivity index (χ1) is 11.4. The number of nitrogens with two attached hydrogens (primary N) is 1. The van der Waals surface area contributed by atoms with Crippen LogP contribution in [0.1, 0.15) is 37.1 Å². The molecule has 136 valence electrons. The van der Waals surface area contributed by atoms with Gasteiger partial charge in [0.1, 0.15) is 0 Å². The summed E-state index contributed by atoms with van der Waals surface area (Å²) >= 11 is 0. The minimum atomic E-state index is -3.24. The molecule has 2 N–H and O–H groups in total. The van der Waals surface area contributed by atoms with Crippen molar-refractivity contribution in [3.8, 4) is 11.5 Å². The van der Waals surface area contributed by atoms with E-state index in [0.29, 0.717) is 24.7 Å². The molecule has 0 unspecified atom stereocenters. The monoisotopic (exact) mass is 384 g/mol. The van der Waals surface area contributed by atoms with Gasteiger partial charge in [-0.05, 0) is 43.0 Å². The summed E-state index contributed by atoms with van der Waals surface area (Å²) in [6.07, 6.45) is 5.82. The van der Waals surface area contributed by atoms with Crippen LogP contribution in [0.3, 0.4) is 0 Å². The molecule has 1 aliphatic heterocycles. The lowest BCUT2D eigenvalue weighted by atomic mass is 9.98. The second-order valence-corrected chi connectivity index (χ2v) is 8.62. The fourth-order valence-electron chi connectivity index (χ4n) is 3.62. The molecule has 1 saturated carbocycles. The van der Waals surface area contributed by atoms with Crippen LogP contribution in [0, 0.1) is 0 Å². The molecule has 0 saturated heterocycles. The van der Waals surface area contributed by atoms with Crippen molar-refractivity contribution < 1.29 is 12.9 Å². The van der Waals surface area contributed by atoms with Gasteiger partial charge in [0.25, 0.3) is 5.89 Å². The van der Waals surface area contributed by atoms with Crippen LogP contribution in [-0.2, 0) is 22.0 Å². The Morgan fingerprint density at radius 2 is 2.00 bits per heavy atom. The highest BCUT2D eigenvalue weighted by molar-refractivity contribution is 7.92. The number of sulfonamides is 1. The second-order valence-electron chi connectivity index (χ2n) is 6.72. The van der Waals surface area contributed by atoms with E-state index in [1.165, 1.54) is 10.6 Å². The number of halogens is 1. The van der Waals surface area contributed by atoms with Gasteiger partial charge in [-0.2, -0.15) is 4.98 Å². The number of anilines is 1. The number of hydrogen-bond donors (Lipinski definition) is 1. The standard InChI is InChI=1S/C16H20N4O3S.ClH/c1-24(21,22)20-9-6-11-10-12(4-5-13(11)20)14-18-15(19-23-14)16(17)7-2-3-8-16;/h4-5,10H,2-3,6-9,17H2,1H3;1H. The molecule has 1 aliphatic carbocycles. The maximum atomic E-state index is 11.8. The summed E-state index contributed by atoms with van der Waals surface area (Å²) in [7, 11) is -3.24. The number of benzene rings is 1. The van der Waals surface area contributed by atoms with Crippen LogP contribution >= 0.6 is 12.4 Å². The lowest BCUT2D eigenvalue weighted by molar-refractivity contribution is 0.372. The van der Waals surface area contributed by atoms with Crippen molar-refractivity contribution in [2.75, 3.05) is 17.1 Å². The maximum Gasteiger partial charge on any atom is 0.258 e. The second kappa shape index (κ2) is 6.26. The van der Waals surface area contributed by atoms with Gasteiger partial charge >= 0.3 is 0 Å². The zero-order valence-electron chi connectivity index (χ0n) is 13.9. The maximum absolute atomic E-state index is 11.8. The number of fused-ring (bicyclic) bond motifs is 1. The highest BCUT2D eigenvalue weighted by Crippen LogP contribution is 2.37. The molecule has 0 atom stereocenters. The Kier molecular flexibility index (Phi) is 4.55. The first-order valence-electron chi connectivity index (χ1n) is 8.11. The predicted molar refractivity (Wildman–Crippen MR) is 97.2 cm³/mol. The highest BCUT2D eigenvalue weighted by Gasteiger charge is 2.36. The molecule has 0 radical (unpaired) electrons. The van der Waals surface area contributed by atoms with Gasteiger partial charge in [0.05, 0.1) is 17.5 Å². The van der Waals surface area contributed by atoms with Crippen molar-refractivity contribution in [3.63, 3.8) is 0 Å². The summed E-state index contributed by atoms with van der Waals surface area (Å²) in [4.78, 5) is 4.49. The van der Waals surface area contributed by atoms with E-state index in [1.54, 1.807) is 6.07 Å². The van der Waals surface area contributed by atoms with Crippen molar-refractivity contribution in [2.45, 2.75) is 37.6 Å². The Bertz CT molecular complexity index is 891. The largest absolute Gasteiger partial charge is 0.334 e. The van der Waals surface area contributed by atoms with Crippen LogP contribution in [-0.4, -0.2) is 31.4 Å². The lowest BCUT2D eigenvalue weighted by Gasteiger charge is -2.17. The fraction of sp³-hybridized carbons (Fsp3) is 0.500. The van der Waals surface area contributed by atoms with Gasteiger partial charge in [0, 0.05) is 12.1 Å². The van der Waals surface area contributed by atoms with Crippen molar-refractivity contribution in [1.82, 2.24) is 10.1 Å². The molecule has 1 fully saturated rings. The molecule has 1 aromatic carbocycles. The van der Waals surface area contributed by atoms with Crippen LogP contribution < -0.4 is 10.0 Å². The Labute approximate surface area is 153 Å². The summed E-state index contributed by atoms with van der Waals surface area (Å²) in [5.74, 6) is 0.996. The topological polar surface area (TPSA) is 102 Å². The quantitative estimate of drug-likeness (QED) is 0.870. The third-order valence-electron chi connectivity index (χ3n) is 4.95. The Morgan fingerprint density at radius 3 is 2.68 bits per heavy atom. The van der Waals surface area contributed by atoms with E-state index in [-0.39, 0.29) is 12.4 Å². The third-order valence-corrected chi connectivity index (χ3v) is 6.13. The van der Waals surface area contributed by atoms with Gasteiger partial charge in [0.2, 0.25) is 10.0 Å². The average Bonchev–Trinajstić information content (AvgIpc) is 3.24. The number of nitrogens with zero attached hydrogens (tertiary/aromatic N) is 3. The number of aromatic nitrogens is 2. The smallest absolute Gasteiger partial charge is 0.258 e. The van der Waals surface area contributed by atoms with Crippen molar-refractivity contribution in [3.05, 3.63) is 29.6 Å². The van der Waals surface area contributed by atoms with Crippen LogP contribution in [0.25, 0.3) is 11.5 Å². The summed E-state index contributed by atoms with van der Waals surface area (Å²) in [5, 5.41) is 4.08. The van der Waals surface area contributed by atoms with Gasteiger partial charge < -0.3 is 10.3 Å². The molecule has 0 bridgehead atoms. The van der Waals surface area contributed by atoms with Crippen molar-refractivity contribution in [2.24, 2.45) is 5.73 Å². The average molecular weight is 385 g/mol. The van der Waals surface area contributed by atoms with Crippen LogP contribution in [0.4, 0.5) is 5.69 Å². The normalized spacial score (nSPS) is 18.9. The van der Waals surface area contributed by atoms with Crippen LogP contribution in [0.15, 0.2) is 22.7 Å². The molecule has 7 nitrogen and oxygen atoms in total.